The molecule has 0 atom stereocenters. The molecule has 0 aliphatic heterocycles. The Morgan fingerprint density at radius 1 is 1.11 bits per heavy atom. The lowest BCUT2D eigenvalue weighted by atomic mass is 10.1. The van der Waals surface area contributed by atoms with Crippen molar-refractivity contribution in [2.45, 2.75) is 18.4 Å². The summed E-state index contributed by atoms with van der Waals surface area (Å²) in [6.07, 6.45) is 1.75. The molecule has 0 N–H and O–H groups in total. The van der Waals surface area contributed by atoms with Gasteiger partial charge in [0.2, 0.25) is 0 Å². The molecule has 0 unspecified atom stereocenters. The number of hydrogen-bond acceptors (Lipinski definition) is 2. The maximum absolute atomic E-state index is 6.10. The van der Waals surface area contributed by atoms with E-state index in [-0.39, 0.29) is 0 Å². The Morgan fingerprint density at radius 2 is 1.83 bits per heavy atom. The summed E-state index contributed by atoms with van der Waals surface area (Å²) >= 11 is 13.7. The number of pyridine rings is 1. The SMILES string of the molecule is Cc1ccccc1CSCc1cnc(Cl)cc1Cl. The van der Waals surface area contributed by atoms with E-state index < -0.39 is 0 Å². The molecule has 18 heavy (non-hydrogen) atoms. The summed E-state index contributed by atoms with van der Waals surface area (Å²) < 4.78 is 0. The van der Waals surface area contributed by atoms with Crippen molar-refractivity contribution in [2.24, 2.45) is 0 Å². The van der Waals surface area contributed by atoms with Crippen LogP contribution in [0.3, 0.4) is 0 Å². The average Bonchev–Trinajstić information content (AvgIpc) is 2.34. The van der Waals surface area contributed by atoms with E-state index in [1.165, 1.54) is 11.1 Å². The van der Waals surface area contributed by atoms with E-state index in [0.29, 0.717) is 10.2 Å². The lowest BCUT2D eigenvalue weighted by molar-refractivity contribution is 1.24. The minimum Gasteiger partial charge on any atom is -0.244 e. The van der Waals surface area contributed by atoms with Crippen molar-refractivity contribution in [1.29, 1.82) is 0 Å². The van der Waals surface area contributed by atoms with E-state index in [1.54, 1.807) is 12.3 Å². The molecule has 0 radical (unpaired) electrons. The number of aromatic nitrogens is 1. The second kappa shape index (κ2) is 6.46. The first-order valence-electron chi connectivity index (χ1n) is 5.59. The summed E-state index contributed by atoms with van der Waals surface area (Å²) in [5.41, 5.74) is 3.71. The first kappa shape index (κ1) is 13.7. The molecule has 1 heterocycles. The van der Waals surface area contributed by atoms with Gasteiger partial charge in [-0.25, -0.2) is 4.98 Å². The summed E-state index contributed by atoms with van der Waals surface area (Å²) in [7, 11) is 0. The van der Waals surface area contributed by atoms with E-state index in [2.05, 4.69) is 36.2 Å². The third-order valence-corrected chi connectivity index (χ3v) is 4.26. The number of halogens is 2. The quantitative estimate of drug-likeness (QED) is 0.726. The number of thioether (sulfide) groups is 1. The molecule has 2 rings (SSSR count). The fourth-order valence-corrected chi connectivity index (χ4v) is 3.19. The van der Waals surface area contributed by atoms with Gasteiger partial charge in [-0.1, -0.05) is 47.5 Å². The Hall–Kier alpha value is -0.700. The van der Waals surface area contributed by atoms with Crippen LogP contribution >= 0.6 is 35.0 Å². The molecule has 1 aromatic carbocycles. The Labute approximate surface area is 122 Å². The Morgan fingerprint density at radius 3 is 2.56 bits per heavy atom. The molecule has 4 heteroatoms. The average molecular weight is 298 g/mol. The maximum atomic E-state index is 6.10. The van der Waals surface area contributed by atoms with Gasteiger partial charge >= 0.3 is 0 Å². The number of rotatable bonds is 4. The van der Waals surface area contributed by atoms with Gasteiger partial charge in [-0.05, 0) is 29.7 Å². The third-order valence-electron chi connectivity index (χ3n) is 2.67. The van der Waals surface area contributed by atoms with Gasteiger partial charge in [0.15, 0.2) is 0 Å². The van der Waals surface area contributed by atoms with Gasteiger partial charge in [-0.15, -0.1) is 0 Å². The van der Waals surface area contributed by atoms with E-state index >= 15 is 0 Å². The lowest BCUT2D eigenvalue weighted by Crippen LogP contribution is -1.89. The van der Waals surface area contributed by atoms with Crippen LogP contribution in [0, 0.1) is 6.92 Å². The smallest absolute Gasteiger partial charge is 0.130 e. The van der Waals surface area contributed by atoms with Crippen LogP contribution in [0.5, 0.6) is 0 Å². The van der Waals surface area contributed by atoms with Crippen molar-refractivity contribution >= 4 is 35.0 Å². The minimum atomic E-state index is 0.438. The highest BCUT2D eigenvalue weighted by atomic mass is 35.5. The van der Waals surface area contributed by atoms with Gasteiger partial charge in [-0.2, -0.15) is 11.8 Å². The van der Waals surface area contributed by atoms with Gasteiger partial charge in [-0.3, -0.25) is 0 Å². The summed E-state index contributed by atoms with van der Waals surface area (Å²) in [5, 5.41) is 1.12. The molecule has 0 saturated carbocycles. The topological polar surface area (TPSA) is 12.9 Å². The number of benzene rings is 1. The molecule has 94 valence electrons. The molecule has 0 saturated heterocycles. The molecular weight excluding hydrogens is 285 g/mol. The standard InChI is InChI=1S/C14H13Cl2NS/c1-10-4-2-3-5-11(10)8-18-9-12-7-17-14(16)6-13(12)15/h2-7H,8-9H2,1H3. The normalized spacial score (nSPS) is 10.6. The van der Waals surface area contributed by atoms with Crippen LogP contribution in [0.25, 0.3) is 0 Å². The van der Waals surface area contributed by atoms with Gasteiger partial charge in [0.05, 0.1) is 0 Å². The largest absolute Gasteiger partial charge is 0.244 e. The first-order chi connectivity index (χ1) is 8.66. The van der Waals surface area contributed by atoms with E-state index in [1.807, 2.05) is 11.8 Å². The van der Waals surface area contributed by atoms with Crippen LogP contribution in [-0.4, -0.2) is 4.98 Å². The third kappa shape index (κ3) is 3.64. The lowest BCUT2D eigenvalue weighted by Gasteiger charge is -2.06. The molecule has 0 aliphatic carbocycles. The molecule has 0 bridgehead atoms. The highest BCUT2D eigenvalue weighted by molar-refractivity contribution is 7.97. The second-order valence-corrected chi connectivity index (χ2v) is 5.80. The predicted octanol–water partition coefficient (Wildman–Crippen LogP) is 5.13. The van der Waals surface area contributed by atoms with Crippen LogP contribution in [-0.2, 0) is 11.5 Å². The fourth-order valence-electron chi connectivity index (χ4n) is 1.58. The van der Waals surface area contributed by atoms with Gasteiger partial charge < -0.3 is 0 Å². The molecule has 1 aromatic heterocycles. The summed E-state index contributed by atoms with van der Waals surface area (Å²) in [6.45, 7) is 2.13. The van der Waals surface area contributed by atoms with Crippen molar-refractivity contribution in [3.63, 3.8) is 0 Å². The summed E-state index contributed by atoms with van der Waals surface area (Å²) in [4.78, 5) is 4.05. The van der Waals surface area contributed by atoms with Crippen LogP contribution in [0.15, 0.2) is 36.5 Å². The molecule has 1 nitrogen and oxygen atoms in total. The van der Waals surface area contributed by atoms with Crippen molar-refractivity contribution in [2.75, 3.05) is 0 Å². The van der Waals surface area contributed by atoms with Crippen molar-refractivity contribution in [3.8, 4) is 0 Å². The van der Waals surface area contributed by atoms with Crippen molar-refractivity contribution < 1.29 is 0 Å². The van der Waals surface area contributed by atoms with Crippen LogP contribution in [0.1, 0.15) is 16.7 Å². The zero-order valence-electron chi connectivity index (χ0n) is 9.99. The van der Waals surface area contributed by atoms with E-state index in [0.717, 1.165) is 17.1 Å². The molecule has 0 spiro atoms. The van der Waals surface area contributed by atoms with Crippen LogP contribution < -0.4 is 0 Å². The molecule has 0 fully saturated rings. The minimum absolute atomic E-state index is 0.438. The number of hydrogen-bond donors (Lipinski definition) is 0. The van der Waals surface area contributed by atoms with Crippen molar-refractivity contribution in [3.05, 3.63) is 63.4 Å². The van der Waals surface area contributed by atoms with Crippen molar-refractivity contribution in [1.82, 2.24) is 4.98 Å². The van der Waals surface area contributed by atoms with E-state index in [4.69, 9.17) is 23.2 Å². The number of nitrogens with zero attached hydrogens (tertiary/aromatic N) is 1. The summed E-state index contributed by atoms with van der Waals surface area (Å²) in [5.74, 6) is 1.82. The Kier molecular flexibility index (Phi) is 4.93. The Bertz CT molecular complexity index is 543. The van der Waals surface area contributed by atoms with Crippen LogP contribution in [0.2, 0.25) is 10.2 Å². The second-order valence-electron chi connectivity index (χ2n) is 4.02. The molecule has 0 amide bonds. The molecule has 2 aromatic rings. The monoisotopic (exact) mass is 297 g/mol. The highest BCUT2D eigenvalue weighted by Crippen LogP contribution is 2.25. The van der Waals surface area contributed by atoms with Crippen LogP contribution in [0.4, 0.5) is 0 Å². The molecular formula is C14H13Cl2NS. The number of aryl methyl sites for hydroxylation is 1. The van der Waals surface area contributed by atoms with Gasteiger partial charge in [0.25, 0.3) is 0 Å². The zero-order chi connectivity index (χ0) is 13.0. The fraction of sp³-hybridized carbons (Fsp3) is 0.214. The van der Waals surface area contributed by atoms with Gasteiger partial charge in [0, 0.05) is 22.7 Å². The summed E-state index contributed by atoms with van der Waals surface area (Å²) in [6, 6.07) is 10.1. The first-order valence-corrected chi connectivity index (χ1v) is 7.50. The molecule has 0 aliphatic rings. The highest BCUT2D eigenvalue weighted by Gasteiger charge is 2.03. The predicted molar refractivity (Wildman–Crippen MR) is 80.4 cm³/mol. The maximum Gasteiger partial charge on any atom is 0.130 e. The Balaban J connectivity index is 1.95. The zero-order valence-corrected chi connectivity index (χ0v) is 12.3. The van der Waals surface area contributed by atoms with Gasteiger partial charge in [0.1, 0.15) is 5.15 Å². The van der Waals surface area contributed by atoms with E-state index in [9.17, 15) is 0 Å².